The highest BCUT2D eigenvalue weighted by Gasteiger charge is 2.42. The molecular weight excluding hydrogens is 124 g/mol. The molecule has 9 heavy (non-hydrogen) atoms. The second-order valence-electron chi connectivity index (χ2n) is 2.42. The summed E-state index contributed by atoms with van der Waals surface area (Å²) in [6.07, 6.45) is 0.718. The van der Waals surface area contributed by atoms with Crippen LogP contribution >= 0.6 is 0 Å². The Morgan fingerprint density at radius 2 is 2.00 bits per heavy atom. The summed E-state index contributed by atoms with van der Waals surface area (Å²) in [5.74, 6) is -2.41. The molecule has 1 heterocycles. The molecule has 1 aliphatic rings. The highest BCUT2D eigenvalue weighted by molar-refractivity contribution is 4.86. The third-order valence-corrected chi connectivity index (χ3v) is 1.38. The standard InChI is InChI=1S/C6H10F2N/c1-2-3-9-4-6(7,8)5-9/h1-5H2. The maximum atomic E-state index is 12.0. The molecule has 1 fully saturated rings. The van der Waals surface area contributed by atoms with Crippen molar-refractivity contribution in [2.75, 3.05) is 19.6 Å². The van der Waals surface area contributed by atoms with Crippen molar-refractivity contribution >= 4 is 0 Å². The molecule has 1 aliphatic heterocycles. The number of likely N-dealkylation sites (tertiary alicyclic amines) is 1. The molecule has 0 amide bonds. The fraction of sp³-hybridized carbons (Fsp3) is 0.833. The lowest BCUT2D eigenvalue weighted by atomic mass is 10.1. The van der Waals surface area contributed by atoms with Crippen LogP contribution in [-0.4, -0.2) is 30.5 Å². The summed E-state index contributed by atoms with van der Waals surface area (Å²) >= 11 is 0. The van der Waals surface area contributed by atoms with Gasteiger partial charge in [0.15, 0.2) is 0 Å². The van der Waals surface area contributed by atoms with Crippen molar-refractivity contribution in [2.24, 2.45) is 0 Å². The van der Waals surface area contributed by atoms with E-state index >= 15 is 0 Å². The molecule has 0 saturated carbocycles. The van der Waals surface area contributed by atoms with Crippen LogP contribution in [0.2, 0.25) is 0 Å². The van der Waals surface area contributed by atoms with Gasteiger partial charge in [0.25, 0.3) is 5.92 Å². The minimum absolute atomic E-state index is 0.0669. The SMILES string of the molecule is [CH2]CCN1CC(F)(F)C1. The number of hydrogen-bond donors (Lipinski definition) is 0. The Kier molecular flexibility index (Phi) is 1.70. The van der Waals surface area contributed by atoms with E-state index in [1.807, 2.05) is 0 Å². The predicted molar refractivity (Wildman–Crippen MR) is 31.4 cm³/mol. The van der Waals surface area contributed by atoms with Crippen molar-refractivity contribution in [1.29, 1.82) is 0 Å². The Morgan fingerprint density at radius 1 is 1.44 bits per heavy atom. The largest absolute Gasteiger partial charge is 0.291 e. The topological polar surface area (TPSA) is 3.24 Å². The van der Waals surface area contributed by atoms with Crippen LogP contribution < -0.4 is 0 Å². The third-order valence-electron chi connectivity index (χ3n) is 1.38. The number of hydrogen-bond acceptors (Lipinski definition) is 1. The van der Waals surface area contributed by atoms with Gasteiger partial charge in [-0.05, 0) is 13.0 Å². The van der Waals surface area contributed by atoms with Crippen molar-refractivity contribution in [2.45, 2.75) is 12.3 Å². The Labute approximate surface area is 53.6 Å². The fourth-order valence-corrected chi connectivity index (χ4v) is 0.990. The van der Waals surface area contributed by atoms with Crippen LogP contribution in [0.4, 0.5) is 8.78 Å². The number of halogens is 2. The summed E-state index contributed by atoms with van der Waals surface area (Å²) in [7, 11) is 0. The summed E-state index contributed by atoms with van der Waals surface area (Å²) in [6.45, 7) is 4.14. The summed E-state index contributed by atoms with van der Waals surface area (Å²) in [5, 5.41) is 0. The van der Waals surface area contributed by atoms with Crippen LogP contribution in [0.5, 0.6) is 0 Å². The lowest BCUT2D eigenvalue weighted by Crippen LogP contribution is -2.56. The van der Waals surface area contributed by atoms with Crippen LogP contribution in [-0.2, 0) is 0 Å². The molecular formula is C6H10F2N. The molecule has 3 heteroatoms. The van der Waals surface area contributed by atoms with Crippen LogP contribution in [0.15, 0.2) is 0 Å². The fourth-order valence-electron chi connectivity index (χ4n) is 0.990. The highest BCUT2D eigenvalue weighted by Crippen LogP contribution is 2.25. The van der Waals surface area contributed by atoms with Gasteiger partial charge >= 0.3 is 0 Å². The molecule has 0 aromatic heterocycles. The lowest BCUT2D eigenvalue weighted by molar-refractivity contribution is -0.129. The number of rotatable bonds is 2. The first-order chi connectivity index (χ1) is 4.14. The highest BCUT2D eigenvalue weighted by atomic mass is 19.3. The van der Waals surface area contributed by atoms with Crippen molar-refractivity contribution in [3.8, 4) is 0 Å². The smallest absolute Gasteiger partial charge is 0.272 e. The van der Waals surface area contributed by atoms with Crippen molar-refractivity contribution in [1.82, 2.24) is 4.90 Å². The molecule has 0 aliphatic carbocycles. The van der Waals surface area contributed by atoms with Gasteiger partial charge in [-0.25, -0.2) is 8.78 Å². The Morgan fingerprint density at radius 3 is 2.33 bits per heavy atom. The van der Waals surface area contributed by atoms with Gasteiger partial charge in [-0.1, -0.05) is 6.92 Å². The minimum atomic E-state index is -2.41. The van der Waals surface area contributed by atoms with Crippen molar-refractivity contribution < 1.29 is 8.78 Å². The zero-order valence-electron chi connectivity index (χ0n) is 5.24. The zero-order valence-corrected chi connectivity index (χ0v) is 5.24. The van der Waals surface area contributed by atoms with E-state index in [1.54, 1.807) is 4.90 Å². The first kappa shape index (κ1) is 6.93. The van der Waals surface area contributed by atoms with Gasteiger partial charge in [-0.3, -0.25) is 4.90 Å². The second-order valence-corrected chi connectivity index (χ2v) is 2.42. The van der Waals surface area contributed by atoms with Crippen LogP contribution in [0.25, 0.3) is 0 Å². The van der Waals surface area contributed by atoms with E-state index in [9.17, 15) is 8.78 Å². The maximum absolute atomic E-state index is 12.0. The van der Waals surface area contributed by atoms with E-state index < -0.39 is 5.92 Å². The molecule has 0 N–H and O–H groups in total. The van der Waals surface area contributed by atoms with E-state index in [4.69, 9.17) is 0 Å². The van der Waals surface area contributed by atoms with Gasteiger partial charge in [-0.15, -0.1) is 0 Å². The van der Waals surface area contributed by atoms with Crippen LogP contribution in [0.3, 0.4) is 0 Å². The molecule has 1 rings (SSSR count). The Hall–Kier alpha value is -0.180. The Balaban J connectivity index is 2.12. The molecule has 1 nitrogen and oxygen atoms in total. The van der Waals surface area contributed by atoms with E-state index in [1.165, 1.54) is 0 Å². The van der Waals surface area contributed by atoms with E-state index in [0.717, 1.165) is 6.42 Å². The van der Waals surface area contributed by atoms with E-state index in [-0.39, 0.29) is 13.1 Å². The van der Waals surface area contributed by atoms with E-state index in [2.05, 4.69) is 6.92 Å². The number of alkyl halides is 2. The van der Waals surface area contributed by atoms with Gasteiger partial charge < -0.3 is 0 Å². The molecule has 0 spiro atoms. The Bertz CT molecular complexity index is 95.2. The molecule has 0 bridgehead atoms. The second kappa shape index (κ2) is 2.21. The molecule has 0 aromatic rings. The summed E-state index contributed by atoms with van der Waals surface area (Å²) < 4.78 is 24.1. The predicted octanol–water partition coefficient (Wildman–Crippen LogP) is 1.16. The summed E-state index contributed by atoms with van der Waals surface area (Å²) in [5.41, 5.74) is 0. The number of nitrogens with zero attached hydrogens (tertiary/aromatic N) is 1. The zero-order chi connectivity index (χ0) is 6.91. The van der Waals surface area contributed by atoms with Crippen molar-refractivity contribution in [3.05, 3.63) is 6.92 Å². The molecule has 1 radical (unpaired) electrons. The molecule has 1 saturated heterocycles. The third kappa shape index (κ3) is 1.61. The van der Waals surface area contributed by atoms with Gasteiger partial charge in [0, 0.05) is 0 Å². The van der Waals surface area contributed by atoms with Crippen molar-refractivity contribution in [3.63, 3.8) is 0 Å². The normalized spacial score (nSPS) is 25.7. The minimum Gasteiger partial charge on any atom is -0.291 e. The lowest BCUT2D eigenvalue weighted by Gasteiger charge is -2.38. The van der Waals surface area contributed by atoms with E-state index in [0.29, 0.717) is 6.54 Å². The summed E-state index contributed by atoms with van der Waals surface area (Å²) in [6, 6.07) is 0. The quantitative estimate of drug-likeness (QED) is 0.547. The molecule has 0 aromatic carbocycles. The average Bonchev–Trinajstić information content (AvgIpc) is 1.62. The molecule has 0 unspecified atom stereocenters. The van der Waals surface area contributed by atoms with Gasteiger partial charge in [0.2, 0.25) is 0 Å². The van der Waals surface area contributed by atoms with Crippen LogP contribution in [0.1, 0.15) is 6.42 Å². The first-order valence-corrected chi connectivity index (χ1v) is 3.03. The average molecular weight is 134 g/mol. The van der Waals surface area contributed by atoms with Gasteiger partial charge in [0.1, 0.15) is 0 Å². The summed E-state index contributed by atoms with van der Waals surface area (Å²) in [4.78, 5) is 1.70. The molecule has 0 atom stereocenters. The van der Waals surface area contributed by atoms with Crippen LogP contribution in [0, 0.1) is 6.92 Å². The van der Waals surface area contributed by atoms with Gasteiger partial charge in [-0.2, -0.15) is 0 Å². The molecule has 53 valence electrons. The first-order valence-electron chi connectivity index (χ1n) is 3.03. The van der Waals surface area contributed by atoms with Gasteiger partial charge in [0.05, 0.1) is 13.1 Å². The monoisotopic (exact) mass is 134 g/mol. The maximum Gasteiger partial charge on any atom is 0.272 e.